The smallest absolute Gasteiger partial charge is 0.194 e. The molecule has 0 heterocycles. The van der Waals surface area contributed by atoms with Gasteiger partial charge in [0.25, 0.3) is 0 Å². The molecule has 0 spiro atoms. The molecular weight excluding hydrogens is 286 g/mol. The van der Waals surface area contributed by atoms with Crippen LogP contribution >= 0.6 is 0 Å². The maximum Gasteiger partial charge on any atom is 0.194 e. The molecule has 0 aromatic heterocycles. The second-order valence-electron chi connectivity index (χ2n) is 4.61. The first-order chi connectivity index (χ1) is 9.95. The van der Waals surface area contributed by atoms with E-state index in [4.69, 9.17) is 5.73 Å². The predicted octanol–water partition coefficient (Wildman–Crippen LogP) is 3.02. The molecule has 0 aliphatic carbocycles. The first-order valence-corrected chi connectivity index (χ1v) is 6.22. The van der Waals surface area contributed by atoms with Crippen LogP contribution in [0.1, 0.15) is 23.1 Å². The topological polar surface area (TPSA) is 46.2 Å². The van der Waals surface area contributed by atoms with Crippen LogP contribution in [0.3, 0.4) is 0 Å². The maximum atomic E-state index is 13.7. The Labute approximate surface area is 118 Å². The van der Waals surface area contributed by atoms with Gasteiger partial charge >= 0.3 is 0 Å². The van der Waals surface area contributed by atoms with E-state index >= 15 is 0 Å². The Hall–Kier alpha value is -1.92. The van der Waals surface area contributed by atoms with Crippen molar-refractivity contribution in [2.75, 3.05) is 6.54 Å². The Morgan fingerprint density at radius 2 is 1.71 bits per heavy atom. The summed E-state index contributed by atoms with van der Waals surface area (Å²) in [5.74, 6) is -5.87. The predicted molar refractivity (Wildman–Crippen MR) is 69.5 cm³/mol. The lowest BCUT2D eigenvalue weighted by Gasteiger charge is -2.23. The number of nitrogens with two attached hydrogens (primary N) is 1. The third-order valence-electron chi connectivity index (χ3n) is 3.30. The Bertz CT molecular complexity index is 648. The maximum absolute atomic E-state index is 13.7. The van der Waals surface area contributed by atoms with Crippen molar-refractivity contribution >= 4 is 0 Å². The van der Waals surface area contributed by atoms with Gasteiger partial charge in [-0.05, 0) is 23.8 Å². The number of halogens is 4. The molecule has 0 aliphatic heterocycles. The molecule has 0 saturated heterocycles. The zero-order valence-corrected chi connectivity index (χ0v) is 10.9. The highest BCUT2D eigenvalue weighted by atomic mass is 19.2. The van der Waals surface area contributed by atoms with Gasteiger partial charge in [0.2, 0.25) is 0 Å². The molecular formula is C15H13F4NO. The number of aliphatic hydroxyl groups excluding tert-OH is 1. The highest BCUT2D eigenvalue weighted by Gasteiger charge is 2.26. The number of rotatable bonds is 4. The van der Waals surface area contributed by atoms with Gasteiger partial charge in [0.1, 0.15) is 5.82 Å². The Kier molecular flexibility index (Phi) is 4.59. The van der Waals surface area contributed by atoms with Crippen LogP contribution < -0.4 is 5.73 Å². The van der Waals surface area contributed by atoms with E-state index in [-0.39, 0.29) is 6.54 Å². The molecule has 0 bridgehead atoms. The summed E-state index contributed by atoms with van der Waals surface area (Å²) in [6, 6.07) is 6.96. The lowest BCUT2D eigenvalue weighted by atomic mass is 9.89. The quantitative estimate of drug-likeness (QED) is 0.673. The van der Waals surface area contributed by atoms with Crippen molar-refractivity contribution in [1.29, 1.82) is 0 Å². The average Bonchev–Trinajstić information content (AvgIpc) is 2.45. The van der Waals surface area contributed by atoms with Gasteiger partial charge < -0.3 is 10.8 Å². The molecule has 2 unspecified atom stereocenters. The molecule has 2 nitrogen and oxygen atoms in total. The summed E-state index contributed by atoms with van der Waals surface area (Å²) in [7, 11) is 0. The molecule has 0 aliphatic rings. The molecule has 0 saturated carbocycles. The molecule has 3 N–H and O–H groups in total. The van der Waals surface area contributed by atoms with Crippen molar-refractivity contribution in [3.8, 4) is 0 Å². The summed E-state index contributed by atoms with van der Waals surface area (Å²) in [6.07, 6.45) is -1.52. The fourth-order valence-corrected chi connectivity index (χ4v) is 2.17. The fourth-order valence-electron chi connectivity index (χ4n) is 2.17. The highest BCUT2D eigenvalue weighted by Crippen LogP contribution is 2.33. The van der Waals surface area contributed by atoms with E-state index in [1.807, 2.05) is 0 Å². The number of aliphatic hydroxyl groups is 1. The normalized spacial score (nSPS) is 14.0. The van der Waals surface area contributed by atoms with Gasteiger partial charge in [0.05, 0.1) is 6.10 Å². The van der Waals surface area contributed by atoms with Gasteiger partial charge in [-0.2, -0.15) is 0 Å². The van der Waals surface area contributed by atoms with Crippen molar-refractivity contribution in [2.45, 2.75) is 12.0 Å². The number of hydrogen-bond acceptors (Lipinski definition) is 2. The van der Waals surface area contributed by atoms with Crippen LogP contribution in [0.25, 0.3) is 0 Å². The molecule has 0 fully saturated rings. The Balaban J connectivity index is 2.41. The SMILES string of the molecule is NCC(c1cccc(F)c1)C(O)c1ccc(F)c(F)c1F. The van der Waals surface area contributed by atoms with Crippen LogP contribution in [0.15, 0.2) is 36.4 Å². The van der Waals surface area contributed by atoms with Gasteiger partial charge in [-0.3, -0.25) is 0 Å². The standard InChI is InChI=1S/C15H13F4NO/c16-9-3-1-2-8(6-9)11(7-20)15(21)10-4-5-12(17)14(19)13(10)18/h1-6,11,15,21H,7,20H2. The molecule has 2 rings (SSSR count). The highest BCUT2D eigenvalue weighted by molar-refractivity contribution is 5.29. The van der Waals surface area contributed by atoms with E-state index in [0.717, 1.165) is 18.2 Å². The van der Waals surface area contributed by atoms with Gasteiger partial charge in [0.15, 0.2) is 17.5 Å². The van der Waals surface area contributed by atoms with Crippen molar-refractivity contribution in [3.63, 3.8) is 0 Å². The Morgan fingerprint density at radius 1 is 1.00 bits per heavy atom. The molecule has 6 heteroatoms. The monoisotopic (exact) mass is 299 g/mol. The third-order valence-corrected chi connectivity index (χ3v) is 3.30. The van der Waals surface area contributed by atoms with Crippen molar-refractivity contribution in [1.82, 2.24) is 0 Å². The van der Waals surface area contributed by atoms with Crippen LogP contribution in [-0.4, -0.2) is 11.7 Å². The summed E-state index contributed by atoms with van der Waals surface area (Å²) in [5.41, 5.74) is 5.46. The summed E-state index contributed by atoms with van der Waals surface area (Å²) < 4.78 is 53.1. The summed E-state index contributed by atoms with van der Waals surface area (Å²) in [4.78, 5) is 0. The zero-order valence-electron chi connectivity index (χ0n) is 10.9. The second kappa shape index (κ2) is 6.24. The first-order valence-electron chi connectivity index (χ1n) is 6.22. The van der Waals surface area contributed by atoms with Crippen LogP contribution in [0.2, 0.25) is 0 Å². The van der Waals surface area contributed by atoms with Crippen LogP contribution in [0.5, 0.6) is 0 Å². The third kappa shape index (κ3) is 3.06. The van der Waals surface area contributed by atoms with E-state index in [0.29, 0.717) is 5.56 Å². The zero-order chi connectivity index (χ0) is 15.6. The van der Waals surface area contributed by atoms with Gasteiger partial charge in [0, 0.05) is 18.0 Å². The van der Waals surface area contributed by atoms with Gasteiger partial charge in [-0.15, -0.1) is 0 Å². The van der Waals surface area contributed by atoms with E-state index in [9.17, 15) is 22.7 Å². The molecule has 2 aromatic rings. The summed E-state index contributed by atoms with van der Waals surface area (Å²) in [6.45, 7) is -0.122. The van der Waals surface area contributed by atoms with E-state index in [1.54, 1.807) is 0 Å². The molecule has 2 atom stereocenters. The molecule has 112 valence electrons. The van der Waals surface area contributed by atoms with Crippen molar-refractivity contribution < 1.29 is 22.7 Å². The minimum Gasteiger partial charge on any atom is -0.388 e. The van der Waals surface area contributed by atoms with Crippen LogP contribution in [0.4, 0.5) is 17.6 Å². The minimum atomic E-state index is -1.67. The average molecular weight is 299 g/mol. The molecule has 21 heavy (non-hydrogen) atoms. The van der Waals surface area contributed by atoms with E-state index in [1.165, 1.54) is 18.2 Å². The van der Waals surface area contributed by atoms with Crippen molar-refractivity contribution in [2.24, 2.45) is 5.73 Å². The summed E-state index contributed by atoms with van der Waals surface area (Å²) in [5, 5.41) is 10.2. The van der Waals surface area contributed by atoms with Crippen LogP contribution in [-0.2, 0) is 0 Å². The Morgan fingerprint density at radius 3 is 2.33 bits per heavy atom. The van der Waals surface area contributed by atoms with E-state index < -0.39 is 40.9 Å². The minimum absolute atomic E-state index is 0.122. The van der Waals surface area contributed by atoms with Gasteiger partial charge in [-0.25, -0.2) is 17.6 Å². The van der Waals surface area contributed by atoms with Crippen molar-refractivity contribution in [3.05, 3.63) is 70.8 Å². The van der Waals surface area contributed by atoms with Gasteiger partial charge in [-0.1, -0.05) is 18.2 Å². The van der Waals surface area contributed by atoms with E-state index in [2.05, 4.69) is 0 Å². The molecule has 0 radical (unpaired) electrons. The van der Waals surface area contributed by atoms with Crippen LogP contribution in [0, 0.1) is 23.3 Å². The number of benzene rings is 2. The second-order valence-corrected chi connectivity index (χ2v) is 4.61. The lowest BCUT2D eigenvalue weighted by molar-refractivity contribution is 0.141. The molecule has 0 amide bonds. The first kappa shape index (κ1) is 15.5. The largest absolute Gasteiger partial charge is 0.388 e. The lowest BCUT2D eigenvalue weighted by Crippen LogP contribution is -2.21. The molecule has 2 aromatic carbocycles. The number of hydrogen-bond donors (Lipinski definition) is 2. The fraction of sp³-hybridized carbons (Fsp3) is 0.200. The summed E-state index contributed by atoms with van der Waals surface area (Å²) >= 11 is 0.